The number of aryl methyl sites for hydroxylation is 1. The molecule has 1 fully saturated rings. The van der Waals surface area contributed by atoms with Crippen molar-refractivity contribution in [1.82, 2.24) is 0 Å². The van der Waals surface area contributed by atoms with Gasteiger partial charge in [0.15, 0.2) is 0 Å². The molecule has 0 spiro atoms. The van der Waals surface area contributed by atoms with Crippen molar-refractivity contribution in [3.8, 4) is 0 Å². The van der Waals surface area contributed by atoms with Crippen molar-refractivity contribution in [2.24, 2.45) is 9.86 Å². The number of hydrogen-bond donors (Lipinski definition) is 1. The van der Waals surface area contributed by atoms with Crippen LogP contribution in [0.3, 0.4) is 0 Å². The Labute approximate surface area is 134 Å². The number of rotatable bonds is 5. The van der Waals surface area contributed by atoms with Crippen molar-refractivity contribution in [2.75, 3.05) is 0 Å². The summed E-state index contributed by atoms with van der Waals surface area (Å²) in [5.74, 6) is 0.848. The monoisotopic (exact) mass is 384 g/mol. The maximum absolute atomic E-state index is 5.95. The molecule has 0 heterocycles. The van der Waals surface area contributed by atoms with E-state index in [1.807, 2.05) is 0 Å². The van der Waals surface area contributed by atoms with Crippen molar-refractivity contribution in [3.63, 3.8) is 0 Å². The molecule has 1 aromatic rings. The first-order valence-electron chi connectivity index (χ1n) is 7.83. The summed E-state index contributed by atoms with van der Waals surface area (Å²) in [6.45, 7) is 6.25. The second-order valence-electron chi connectivity index (χ2n) is 5.85. The van der Waals surface area contributed by atoms with Crippen molar-refractivity contribution in [3.05, 3.63) is 41.5 Å². The second kappa shape index (κ2) is 8.18. The first-order valence-corrected chi connectivity index (χ1v) is 10.3. The molecule has 1 aliphatic rings. The number of halogens is 1. The van der Waals surface area contributed by atoms with E-state index in [4.69, 9.17) is 3.95 Å². The molecule has 0 amide bonds. The number of benzene rings is 1. The van der Waals surface area contributed by atoms with E-state index in [0.29, 0.717) is 0 Å². The molecule has 2 N–H and O–H groups in total. The third kappa shape index (κ3) is 4.08. The molecule has 0 aromatic heterocycles. The van der Waals surface area contributed by atoms with E-state index < -0.39 is 0 Å². The summed E-state index contributed by atoms with van der Waals surface area (Å²) in [5, 5.41) is 0. The zero-order valence-electron chi connectivity index (χ0n) is 12.6. The Morgan fingerprint density at radius 2 is 2.05 bits per heavy atom. The van der Waals surface area contributed by atoms with E-state index in [1.54, 1.807) is 0 Å². The fourth-order valence-corrected chi connectivity index (χ4v) is 4.91. The molecule has 2 rings (SSSR count). The van der Waals surface area contributed by atoms with E-state index in [-0.39, 0.29) is 21.5 Å². The van der Waals surface area contributed by atoms with Crippen LogP contribution in [0.1, 0.15) is 55.7 Å². The number of nitrogens with two attached hydrogens (primary N) is 1. The molecule has 1 aliphatic carbocycles. The molecule has 1 nitrogen and oxygen atoms in total. The first kappa shape index (κ1) is 16.0. The van der Waals surface area contributed by atoms with Crippen LogP contribution >= 0.6 is 0 Å². The van der Waals surface area contributed by atoms with Crippen LogP contribution in [0.4, 0.5) is 0 Å². The second-order valence-corrected chi connectivity index (χ2v) is 8.33. The van der Waals surface area contributed by atoms with Gasteiger partial charge in [0.1, 0.15) is 0 Å². The zero-order chi connectivity index (χ0) is 14.4. The predicted octanol–water partition coefficient (Wildman–Crippen LogP) is 1.35. The standard InChI is InChI=1S/C18H27IN/c1-3-15-8-6-9-16(18(15)4-2)13-14-7-5-10-17(19-20)12-11-14/h4,6,8-9,14,17H,2-3,5,7,10-13,20H2,1H3/q-1. The molecule has 112 valence electrons. The zero-order valence-corrected chi connectivity index (χ0v) is 14.7. The van der Waals surface area contributed by atoms with E-state index >= 15 is 0 Å². The van der Waals surface area contributed by atoms with Crippen molar-refractivity contribution >= 4 is 6.08 Å². The van der Waals surface area contributed by atoms with E-state index in [1.165, 1.54) is 55.2 Å². The van der Waals surface area contributed by atoms with Crippen molar-refractivity contribution in [2.45, 2.75) is 55.8 Å². The molecular weight excluding hydrogens is 357 g/mol. The summed E-state index contributed by atoms with van der Waals surface area (Å²) in [6.07, 6.45) is 11.3. The molecule has 1 aromatic carbocycles. The van der Waals surface area contributed by atoms with Gasteiger partial charge in [0, 0.05) is 0 Å². The van der Waals surface area contributed by atoms with Crippen LogP contribution in [0, 0.1) is 5.92 Å². The normalized spacial score (nSPS) is 23.5. The quantitative estimate of drug-likeness (QED) is 0.353. The predicted molar refractivity (Wildman–Crippen MR) is 84.2 cm³/mol. The van der Waals surface area contributed by atoms with Gasteiger partial charge in [-0.25, -0.2) is 0 Å². The molecule has 20 heavy (non-hydrogen) atoms. The van der Waals surface area contributed by atoms with Gasteiger partial charge in [-0.3, -0.25) is 0 Å². The average molecular weight is 384 g/mol. The van der Waals surface area contributed by atoms with E-state index in [9.17, 15) is 0 Å². The van der Waals surface area contributed by atoms with Crippen LogP contribution in [0.5, 0.6) is 0 Å². The van der Waals surface area contributed by atoms with Gasteiger partial charge in [0.25, 0.3) is 0 Å². The van der Waals surface area contributed by atoms with Crippen LogP contribution in [-0.4, -0.2) is 3.92 Å². The molecule has 2 atom stereocenters. The van der Waals surface area contributed by atoms with E-state index in [0.717, 1.165) is 16.3 Å². The maximum atomic E-state index is 5.95. The van der Waals surface area contributed by atoms with Crippen LogP contribution in [0.25, 0.3) is 6.08 Å². The van der Waals surface area contributed by atoms with Gasteiger partial charge in [-0.15, -0.1) is 0 Å². The minimum atomic E-state index is -0.0451. The minimum absolute atomic E-state index is 0.0451. The molecule has 2 heteroatoms. The third-order valence-corrected chi connectivity index (χ3v) is 6.84. The topological polar surface area (TPSA) is 26.0 Å². The molecule has 0 bridgehead atoms. The van der Waals surface area contributed by atoms with Gasteiger partial charge in [-0.05, 0) is 0 Å². The van der Waals surface area contributed by atoms with Crippen LogP contribution in [-0.2, 0) is 12.8 Å². The van der Waals surface area contributed by atoms with Gasteiger partial charge in [-0.1, -0.05) is 0 Å². The van der Waals surface area contributed by atoms with Crippen LogP contribution < -0.4 is 25.4 Å². The summed E-state index contributed by atoms with van der Waals surface area (Å²) in [6, 6.07) is 6.75. The Bertz CT molecular complexity index is 441. The van der Waals surface area contributed by atoms with Gasteiger partial charge in [0.05, 0.1) is 0 Å². The van der Waals surface area contributed by atoms with Gasteiger partial charge in [-0.2, -0.15) is 0 Å². The summed E-state index contributed by atoms with van der Waals surface area (Å²) < 4.78 is 6.83. The first-order chi connectivity index (χ1) is 9.78. The SMILES string of the molecule is C=Cc1c(CC)cccc1CC1CCCC([I-]N)CC1. The van der Waals surface area contributed by atoms with Crippen LogP contribution in [0.2, 0.25) is 0 Å². The Morgan fingerprint density at radius 1 is 1.25 bits per heavy atom. The molecule has 0 aliphatic heterocycles. The third-order valence-electron chi connectivity index (χ3n) is 4.58. The van der Waals surface area contributed by atoms with Crippen molar-refractivity contribution in [1.29, 1.82) is 0 Å². The van der Waals surface area contributed by atoms with E-state index in [2.05, 4.69) is 37.8 Å². The summed E-state index contributed by atoms with van der Waals surface area (Å²) in [4.78, 5) is 0. The number of alkyl halides is 1. The van der Waals surface area contributed by atoms with Crippen LogP contribution in [0.15, 0.2) is 24.8 Å². The fraction of sp³-hybridized carbons (Fsp3) is 0.556. The Kier molecular flexibility index (Phi) is 6.56. The molecule has 2 unspecified atom stereocenters. The molecule has 0 saturated heterocycles. The van der Waals surface area contributed by atoms with Crippen molar-refractivity contribution < 1.29 is 21.5 Å². The molecule has 0 radical (unpaired) electrons. The summed E-state index contributed by atoms with van der Waals surface area (Å²) in [5.41, 5.74) is 4.34. The summed E-state index contributed by atoms with van der Waals surface area (Å²) in [7, 11) is 0. The molecular formula is C18H27IN-. The Balaban J connectivity index is 2.08. The van der Waals surface area contributed by atoms with Gasteiger partial charge < -0.3 is 0 Å². The molecule has 1 saturated carbocycles. The van der Waals surface area contributed by atoms with Gasteiger partial charge in [0.2, 0.25) is 0 Å². The summed E-state index contributed by atoms with van der Waals surface area (Å²) >= 11 is -0.0451. The Morgan fingerprint density at radius 3 is 2.75 bits per heavy atom. The average Bonchev–Trinajstić information content (AvgIpc) is 2.72. The Hall–Kier alpha value is -0.350. The number of hydrogen-bond acceptors (Lipinski definition) is 1. The fourth-order valence-electron chi connectivity index (χ4n) is 3.39. The van der Waals surface area contributed by atoms with Gasteiger partial charge >= 0.3 is 135 Å².